The fraction of sp³-hybridized carbons (Fsp3) is 0.522. The van der Waals surface area contributed by atoms with Crippen LogP contribution in [0.5, 0.6) is 0 Å². The lowest BCUT2D eigenvalue weighted by Crippen LogP contribution is -2.48. The molecule has 4 atom stereocenters. The van der Waals surface area contributed by atoms with Crippen LogP contribution in [0.15, 0.2) is 42.7 Å². The van der Waals surface area contributed by atoms with Gasteiger partial charge in [0.1, 0.15) is 0 Å². The van der Waals surface area contributed by atoms with Crippen LogP contribution in [0, 0.1) is 11.8 Å². The van der Waals surface area contributed by atoms with Crippen molar-refractivity contribution < 1.29 is 9.90 Å². The Labute approximate surface area is 177 Å². The van der Waals surface area contributed by atoms with Crippen molar-refractivity contribution in [2.75, 3.05) is 31.5 Å². The number of aliphatic hydroxyl groups excluding tert-OH is 1. The average molecular weight is 408 g/mol. The van der Waals surface area contributed by atoms with Gasteiger partial charge in [-0.1, -0.05) is 18.2 Å². The normalized spacial score (nSPS) is 29.0. The summed E-state index contributed by atoms with van der Waals surface area (Å²) in [6, 6.07) is 9.98. The Hall–Kier alpha value is -2.51. The van der Waals surface area contributed by atoms with Crippen LogP contribution in [0.2, 0.25) is 0 Å². The minimum Gasteiger partial charge on any atom is -0.391 e. The summed E-state index contributed by atoms with van der Waals surface area (Å²) in [6.07, 6.45) is 7.19. The van der Waals surface area contributed by atoms with Crippen LogP contribution in [0.1, 0.15) is 36.0 Å². The van der Waals surface area contributed by atoms with Gasteiger partial charge in [-0.25, -0.2) is 9.97 Å². The van der Waals surface area contributed by atoms with Gasteiger partial charge in [0, 0.05) is 37.2 Å². The molecule has 2 aromatic rings. The molecular formula is C23H29N5O2. The molecule has 1 aromatic carbocycles. The van der Waals surface area contributed by atoms with Gasteiger partial charge in [0.15, 0.2) is 0 Å². The molecule has 1 aromatic heterocycles. The molecule has 7 heteroatoms. The molecule has 2 saturated heterocycles. The summed E-state index contributed by atoms with van der Waals surface area (Å²) in [5, 5.41) is 13.8. The van der Waals surface area contributed by atoms with E-state index in [0.717, 1.165) is 44.7 Å². The number of aromatic nitrogens is 2. The fourth-order valence-corrected chi connectivity index (χ4v) is 5.38. The first-order valence-electron chi connectivity index (χ1n) is 11.0. The molecule has 1 aliphatic carbocycles. The van der Waals surface area contributed by atoms with Crippen molar-refractivity contribution in [3.05, 3.63) is 48.3 Å². The first-order valence-corrected chi connectivity index (χ1v) is 11.0. The zero-order chi connectivity index (χ0) is 20.5. The molecule has 7 nitrogen and oxygen atoms in total. The predicted octanol–water partition coefficient (Wildman–Crippen LogP) is 2.53. The molecule has 0 bridgehead atoms. The molecule has 1 saturated carbocycles. The number of anilines is 2. The van der Waals surface area contributed by atoms with Gasteiger partial charge in [-0.2, -0.15) is 0 Å². The molecule has 0 spiro atoms. The first-order chi connectivity index (χ1) is 14.7. The summed E-state index contributed by atoms with van der Waals surface area (Å²) in [7, 11) is 0. The van der Waals surface area contributed by atoms with Crippen LogP contribution in [0.3, 0.4) is 0 Å². The number of likely N-dealkylation sites (tertiary alicyclic amines) is 2. The second-order valence-corrected chi connectivity index (χ2v) is 8.87. The number of carbonyl (C=O) groups is 1. The zero-order valence-electron chi connectivity index (χ0n) is 17.2. The Bertz CT molecular complexity index is 869. The smallest absolute Gasteiger partial charge is 0.257 e. The van der Waals surface area contributed by atoms with Crippen LogP contribution in [-0.2, 0) is 0 Å². The highest BCUT2D eigenvalue weighted by molar-refractivity contribution is 5.94. The summed E-state index contributed by atoms with van der Waals surface area (Å²) < 4.78 is 0. The van der Waals surface area contributed by atoms with E-state index in [9.17, 15) is 9.90 Å². The van der Waals surface area contributed by atoms with Gasteiger partial charge >= 0.3 is 0 Å². The number of hydrogen-bond donors (Lipinski definition) is 2. The molecule has 30 heavy (non-hydrogen) atoms. The second-order valence-electron chi connectivity index (χ2n) is 8.87. The number of nitrogens with zero attached hydrogens (tertiary/aromatic N) is 4. The van der Waals surface area contributed by atoms with Crippen molar-refractivity contribution >= 4 is 17.5 Å². The van der Waals surface area contributed by atoms with E-state index in [-0.39, 0.29) is 18.1 Å². The van der Waals surface area contributed by atoms with Crippen molar-refractivity contribution in [3.63, 3.8) is 0 Å². The van der Waals surface area contributed by atoms with Gasteiger partial charge in [0.2, 0.25) is 5.95 Å². The highest BCUT2D eigenvalue weighted by Crippen LogP contribution is 2.39. The lowest BCUT2D eigenvalue weighted by Gasteiger charge is -2.40. The monoisotopic (exact) mass is 407 g/mol. The second kappa shape index (κ2) is 8.32. The van der Waals surface area contributed by atoms with Gasteiger partial charge in [-0.15, -0.1) is 0 Å². The topological polar surface area (TPSA) is 81.6 Å². The quantitative estimate of drug-likeness (QED) is 0.811. The van der Waals surface area contributed by atoms with E-state index >= 15 is 0 Å². The first kappa shape index (κ1) is 19.5. The lowest BCUT2D eigenvalue weighted by atomic mass is 9.77. The predicted molar refractivity (Wildman–Crippen MR) is 114 cm³/mol. The Morgan fingerprint density at radius 3 is 2.37 bits per heavy atom. The van der Waals surface area contributed by atoms with E-state index < -0.39 is 0 Å². The summed E-state index contributed by atoms with van der Waals surface area (Å²) in [5.41, 5.74) is 1.43. The maximum absolute atomic E-state index is 13.0. The minimum atomic E-state index is -0.272. The highest BCUT2D eigenvalue weighted by Gasteiger charge is 2.45. The summed E-state index contributed by atoms with van der Waals surface area (Å²) in [5.74, 6) is 1.33. The van der Waals surface area contributed by atoms with Crippen LogP contribution in [-0.4, -0.2) is 69.1 Å². The fourth-order valence-electron chi connectivity index (χ4n) is 5.38. The molecule has 0 unspecified atom stereocenters. The molecular weight excluding hydrogens is 378 g/mol. The lowest BCUT2D eigenvalue weighted by molar-refractivity contribution is -0.000865. The van der Waals surface area contributed by atoms with Crippen LogP contribution >= 0.6 is 0 Å². The maximum Gasteiger partial charge on any atom is 0.257 e. The molecule has 3 heterocycles. The summed E-state index contributed by atoms with van der Waals surface area (Å²) in [4.78, 5) is 26.1. The SMILES string of the molecule is O=C(c1cnc(Nc2ccccc2)nc1)N1C[C@H]2C[C@@H](N3CCCC3)[C@H](O)C[C@H]2C1. The third-order valence-electron chi connectivity index (χ3n) is 6.93. The van der Waals surface area contributed by atoms with Gasteiger partial charge in [0.05, 0.1) is 11.7 Å². The number of rotatable bonds is 4. The standard InChI is InChI=1S/C23H29N5O2/c29-21-11-17-15-28(14-16(17)10-20(21)27-8-4-5-9-27)22(30)18-12-24-23(25-13-18)26-19-6-2-1-3-7-19/h1-3,6-7,12-13,16-17,20-21,29H,4-5,8-11,14-15H2,(H,24,25,26)/t16-,17+,20-,21-/m1/s1. The summed E-state index contributed by atoms with van der Waals surface area (Å²) in [6.45, 7) is 3.69. The van der Waals surface area contributed by atoms with E-state index in [0.29, 0.717) is 23.3 Å². The zero-order valence-corrected chi connectivity index (χ0v) is 17.2. The molecule has 2 N–H and O–H groups in total. The Balaban J connectivity index is 1.22. The molecule has 0 radical (unpaired) electrons. The van der Waals surface area contributed by atoms with Crippen molar-refractivity contribution in [2.24, 2.45) is 11.8 Å². The van der Waals surface area contributed by atoms with E-state index in [2.05, 4.69) is 20.2 Å². The number of aliphatic hydroxyl groups is 1. The average Bonchev–Trinajstić information content (AvgIpc) is 3.43. The van der Waals surface area contributed by atoms with Crippen molar-refractivity contribution in [2.45, 2.75) is 37.8 Å². The minimum absolute atomic E-state index is 0.0112. The van der Waals surface area contributed by atoms with Crippen LogP contribution < -0.4 is 5.32 Å². The Morgan fingerprint density at radius 1 is 1.00 bits per heavy atom. The number of carbonyl (C=O) groups excluding carboxylic acids is 1. The molecule has 158 valence electrons. The van der Waals surface area contributed by atoms with Crippen LogP contribution in [0.25, 0.3) is 0 Å². The number of hydrogen-bond acceptors (Lipinski definition) is 6. The summed E-state index contributed by atoms with van der Waals surface area (Å²) >= 11 is 0. The Kier molecular flexibility index (Phi) is 5.39. The third-order valence-corrected chi connectivity index (χ3v) is 6.93. The molecule has 3 aliphatic rings. The van der Waals surface area contributed by atoms with E-state index in [4.69, 9.17) is 0 Å². The van der Waals surface area contributed by atoms with Gasteiger partial charge < -0.3 is 15.3 Å². The van der Waals surface area contributed by atoms with Gasteiger partial charge in [-0.05, 0) is 62.7 Å². The van der Waals surface area contributed by atoms with Crippen molar-refractivity contribution in [3.8, 4) is 0 Å². The molecule has 1 amide bonds. The van der Waals surface area contributed by atoms with E-state index in [1.54, 1.807) is 12.4 Å². The van der Waals surface area contributed by atoms with Crippen LogP contribution in [0.4, 0.5) is 11.6 Å². The number of amides is 1. The Morgan fingerprint density at radius 2 is 1.67 bits per heavy atom. The number of benzene rings is 1. The molecule has 2 aliphatic heterocycles. The van der Waals surface area contributed by atoms with Crippen molar-refractivity contribution in [1.82, 2.24) is 19.8 Å². The van der Waals surface area contributed by atoms with Gasteiger partial charge in [0.25, 0.3) is 5.91 Å². The van der Waals surface area contributed by atoms with E-state index in [1.165, 1.54) is 12.8 Å². The number of para-hydroxylation sites is 1. The van der Waals surface area contributed by atoms with Crippen molar-refractivity contribution in [1.29, 1.82) is 0 Å². The van der Waals surface area contributed by atoms with E-state index in [1.807, 2.05) is 35.2 Å². The maximum atomic E-state index is 13.0. The largest absolute Gasteiger partial charge is 0.391 e. The molecule has 5 rings (SSSR count). The molecule has 3 fully saturated rings. The third kappa shape index (κ3) is 3.91. The van der Waals surface area contributed by atoms with Gasteiger partial charge in [-0.3, -0.25) is 9.69 Å². The highest BCUT2D eigenvalue weighted by atomic mass is 16.3. The number of nitrogens with one attached hydrogen (secondary N) is 1. The number of fused-ring (bicyclic) bond motifs is 1.